The van der Waals surface area contributed by atoms with Gasteiger partial charge in [0.05, 0.1) is 12.4 Å². The first kappa shape index (κ1) is 13.4. The van der Waals surface area contributed by atoms with Gasteiger partial charge < -0.3 is 0 Å². The average molecular weight is 302 g/mol. The summed E-state index contributed by atoms with van der Waals surface area (Å²) >= 11 is 0. The van der Waals surface area contributed by atoms with Gasteiger partial charge in [0, 0.05) is 18.2 Å². The lowest BCUT2D eigenvalue weighted by Crippen LogP contribution is -1.85. The largest absolute Gasteiger partial charge is 0.255 e. The number of aromatic nitrogens is 6. The molecule has 0 amide bonds. The molecule has 2 aromatic carbocycles. The van der Waals surface area contributed by atoms with Crippen molar-refractivity contribution in [3.05, 3.63) is 60.9 Å². The molecule has 0 unspecified atom stereocenters. The Kier molecular flexibility index (Phi) is 3.20. The van der Waals surface area contributed by atoms with Gasteiger partial charge in [-0.05, 0) is 11.1 Å². The smallest absolute Gasteiger partial charge is 0.113 e. The SMILES string of the molecule is Cn1cc(-c2ccc(-c3ccc(-c4cn[nH]n4)cc3)cc2)nn1. The maximum Gasteiger partial charge on any atom is 0.113 e. The van der Waals surface area contributed by atoms with Crippen LogP contribution in [0, 0.1) is 0 Å². The normalized spacial score (nSPS) is 10.8. The van der Waals surface area contributed by atoms with E-state index in [-0.39, 0.29) is 0 Å². The summed E-state index contributed by atoms with van der Waals surface area (Å²) in [6, 6.07) is 16.6. The molecule has 0 bridgehead atoms. The number of aryl methyl sites for hydroxylation is 1. The molecule has 6 heteroatoms. The molecule has 112 valence electrons. The zero-order valence-electron chi connectivity index (χ0n) is 12.5. The highest BCUT2D eigenvalue weighted by Gasteiger charge is 2.05. The van der Waals surface area contributed by atoms with Gasteiger partial charge in [0.2, 0.25) is 0 Å². The van der Waals surface area contributed by atoms with E-state index in [1.54, 1.807) is 10.9 Å². The molecule has 23 heavy (non-hydrogen) atoms. The third kappa shape index (κ3) is 2.62. The molecule has 0 saturated heterocycles. The highest BCUT2D eigenvalue weighted by molar-refractivity contribution is 5.71. The second-order valence-electron chi connectivity index (χ2n) is 5.29. The van der Waals surface area contributed by atoms with Crippen LogP contribution in [0.4, 0.5) is 0 Å². The fourth-order valence-corrected chi connectivity index (χ4v) is 2.49. The Morgan fingerprint density at radius 1 is 0.783 bits per heavy atom. The number of aromatic amines is 1. The molecule has 0 atom stereocenters. The van der Waals surface area contributed by atoms with Gasteiger partial charge in [-0.15, -0.1) is 5.10 Å². The van der Waals surface area contributed by atoms with Crippen LogP contribution in [-0.2, 0) is 7.05 Å². The molecule has 4 rings (SSSR count). The van der Waals surface area contributed by atoms with Crippen LogP contribution in [0.15, 0.2) is 60.9 Å². The van der Waals surface area contributed by atoms with Gasteiger partial charge in [-0.2, -0.15) is 15.4 Å². The van der Waals surface area contributed by atoms with Crippen molar-refractivity contribution >= 4 is 0 Å². The quantitative estimate of drug-likeness (QED) is 0.631. The van der Waals surface area contributed by atoms with Crippen LogP contribution >= 0.6 is 0 Å². The Balaban J connectivity index is 1.60. The highest BCUT2D eigenvalue weighted by Crippen LogP contribution is 2.25. The van der Waals surface area contributed by atoms with E-state index in [4.69, 9.17) is 0 Å². The van der Waals surface area contributed by atoms with Gasteiger partial charge in [0.25, 0.3) is 0 Å². The van der Waals surface area contributed by atoms with Gasteiger partial charge >= 0.3 is 0 Å². The summed E-state index contributed by atoms with van der Waals surface area (Å²) < 4.78 is 1.70. The Hall–Kier alpha value is -3.28. The number of benzene rings is 2. The van der Waals surface area contributed by atoms with Gasteiger partial charge in [-0.3, -0.25) is 4.68 Å². The number of hydrogen-bond acceptors (Lipinski definition) is 4. The molecule has 2 aromatic heterocycles. The Morgan fingerprint density at radius 2 is 1.35 bits per heavy atom. The number of hydrogen-bond donors (Lipinski definition) is 1. The van der Waals surface area contributed by atoms with Crippen molar-refractivity contribution in [1.82, 2.24) is 30.4 Å². The third-order valence-corrected chi connectivity index (χ3v) is 3.71. The molecule has 0 fully saturated rings. The summed E-state index contributed by atoms with van der Waals surface area (Å²) in [5.74, 6) is 0. The van der Waals surface area contributed by atoms with Crippen LogP contribution in [0.2, 0.25) is 0 Å². The number of H-pyrrole nitrogens is 1. The second kappa shape index (κ2) is 5.49. The summed E-state index contributed by atoms with van der Waals surface area (Å²) in [6.45, 7) is 0. The lowest BCUT2D eigenvalue weighted by Gasteiger charge is -2.04. The lowest BCUT2D eigenvalue weighted by atomic mass is 10.0. The van der Waals surface area contributed by atoms with Gasteiger partial charge in [-0.1, -0.05) is 53.7 Å². The second-order valence-corrected chi connectivity index (χ2v) is 5.29. The maximum atomic E-state index is 4.13. The molecule has 0 spiro atoms. The van der Waals surface area contributed by atoms with Gasteiger partial charge in [-0.25, -0.2) is 0 Å². The van der Waals surface area contributed by atoms with E-state index in [2.05, 4.69) is 62.1 Å². The Bertz CT molecular complexity index is 905. The van der Waals surface area contributed by atoms with E-state index in [0.29, 0.717) is 0 Å². The molecule has 2 heterocycles. The van der Waals surface area contributed by atoms with Crippen LogP contribution in [0.25, 0.3) is 33.6 Å². The zero-order valence-corrected chi connectivity index (χ0v) is 12.5. The number of nitrogens with one attached hydrogen (secondary N) is 1. The van der Waals surface area contributed by atoms with Gasteiger partial charge in [0.1, 0.15) is 11.4 Å². The topological polar surface area (TPSA) is 72.3 Å². The summed E-state index contributed by atoms with van der Waals surface area (Å²) in [5, 5.41) is 18.6. The first-order chi connectivity index (χ1) is 11.3. The molecular formula is C17H14N6. The molecule has 1 N–H and O–H groups in total. The molecule has 0 radical (unpaired) electrons. The molecule has 0 saturated carbocycles. The molecular weight excluding hydrogens is 288 g/mol. The highest BCUT2D eigenvalue weighted by atomic mass is 15.4. The molecule has 4 aromatic rings. The summed E-state index contributed by atoms with van der Waals surface area (Å²) in [5.41, 5.74) is 6.13. The number of rotatable bonds is 3. The predicted octanol–water partition coefficient (Wildman–Crippen LogP) is 2.93. The van der Waals surface area contributed by atoms with Crippen molar-refractivity contribution in [1.29, 1.82) is 0 Å². The molecule has 0 aliphatic rings. The molecule has 6 nitrogen and oxygen atoms in total. The van der Waals surface area contributed by atoms with E-state index in [1.807, 2.05) is 25.4 Å². The van der Waals surface area contributed by atoms with Crippen LogP contribution in [-0.4, -0.2) is 30.4 Å². The van der Waals surface area contributed by atoms with Crippen molar-refractivity contribution < 1.29 is 0 Å². The van der Waals surface area contributed by atoms with Crippen LogP contribution in [0.5, 0.6) is 0 Å². The van der Waals surface area contributed by atoms with Crippen LogP contribution < -0.4 is 0 Å². The van der Waals surface area contributed by atoms with E-state index in [9.17, 15) is 0 Å². The number of nitrogens with zero attached hydrogens (tertiary/aromatic N) is 5. The van der Waals surface area contributed by atoms with Crippen molar-refractivity contribution in [2.75, 3.05) is 0 Å². The lowest BCUT2D eigenvalue weighted by molar-refractivity contribution is 0.715. The summed E-state index contributed by atoms with van der Waals surface area (Å²) in [7, 11) is 1.86. The molecule has 0 aliphatic carbocycles. The van der Waals surface area contributed by atoms with E-state index >= 15 is 0 Å². The van der Waals surface area contributed by atoms with E-state index in [1.165, 1.54) is 0 Å². The fraction of sp³-hybridized carbons (Fsp3) is 0.0588. The first-order valence-corrected chi connectivity index (χ1v) is 7.23. The van der Waals surface area contributed by atoms with Crippen molar-refractivity contribution in [2.24, 2.45) is 7.05 Å². The minimum atomic E-state index is 0.842. The maximum absolute atomic E-state index is 4.13. The monoisotopic (exact) mass is 302 g/mol. The van der Waals surface area contributed by atoms with Crippen LogP contribution in [0.1, 0.15) is 0 Å². The predicted molar refractivity (Wildman–Crippen MR) is 87.3 cm³/mol. The zero-order chi connectivity index (χ0) is 15.6. The van der Waals surface area contributed by atoms with E-state index in [0.717, 1.165) is 33.6 Å². The Morgan fingerprint density at radius 3 is 1.83 bits per heavy atom. The van der Waals surface area contributed by atoms with Crippen molar-refractivity contribution in [3.63, 3.8) is 0 Å². The summed E-state index contributed by atoms with van der Waals surface area (Å²) in [4.78, 5) is 0. The third-order valence-electron chi connectivity index (χ3n) is 3.71. The summed E-state index contributed by atoms with van der Waals surface area (Å²) in [6.07, 6.45) is 3.62. The minimum Gasteiger partial charge on any atom is -0.255 e. The van der Waals surface area contributed by atoms with Crippen LogP contribution in [0.3, 0.4) is 0 Å². The minimum absolute atomic E-state index is 0.842. The molecule has 0 aliphatic heterocycles. The standard InChI is InChI=1S/C17H14N6/c1-23-11-17(20-22-23)15-8-4-13(5-9-15)12-2-6-14(7-3-12)16-10-18-21-19-16/h2-11H,1H3,(H,18,19,21). The fourth-order valence-electron chi connectivity index (χ4n) is 2.49. The van der Waals surface area contributed by atoms with Crippen molar-refractivity contribution in [3.8, 4) is 33.6 Å². The van der Waals surface area contributed by atoms with Gasteiger partial charge in [0.15, 0.2) is 0 Å². The average Bonchev–Trinajstić information content (AvgIpc) is 3.27. The van der Waals surface area contributed by atoms with Crippen molar-refractivity contribution in [2.45, 2.75) is 0 Å². The first-order valence-electron chi connectivity index (χ1n) is 7.23. The van der Waals surface area contributed by atoms with E-state index < -0.39 is 0 Å². The Labute approximate surface area is 132 Å².